The van der Waals surface area contributed by atoms with Crippen LogP contribution in [0.3, 0.4) is 0 Å². The Kier molecular flexibility index (Phi) is 5.48. The van der Waals surface area contributed by atoms with E-state index in [1.807, 2.05) is 6.07 Å². The minimum Gasteiger partial charge on any atom is -0.503 e. The number of halogens is 2. The maximum Gasteiger partial charge on any atom is 0.279 e. The van der Waals surface area contributed by atoms with E-state index in [-0.39, 0.29) is 35.9 Å². The summed E-state index contributed by atoms with van der Waals surface area (Å²) in [5, 5.41) is 11.0. The topological polar surface area (TPSA) is 89.5 Å². The molecule has 0 bridgehead atoms. The second-order valence-electron chi connectivity index (χ2n) is 5.91. The monoisotopic (exact) mass is 416 g/mol. The number of pyridine rings is 1. The number of nitrogens with zero attached hydrogens (tertiary/aromatic N) is 4. The molecule has 0 atom stereocenters. The minimum absolute atomic E-state index is 0. The van der Waals surface area contributed by atoms with Crippen molar-refractivity contribution in [2.75, 3.05) is 0 Å². The van der Waals surface area contributed by atoms with Crippen LogP contribution in [0.1, 0.15) is 5.56 Å². The number of aromatic nitrogens is 4. The van der Waals surface area contributed by atoms with Gasteiger partial charge in [-0.25, -0.2) is 9.97 Å². The van der Waals surface area contributed by atoms with E-state index in [0.29, 0.717) is 5.02 Å². The third-order valence-electron chi connectivity index (χ3n) is 4.13. The zero-order chi connectivity index (χ0) is 19.0. The standard InChI is InChI=1S/C19H13ClN4O3.ClH/c20-13-4-1-3-12(9-13)10-24-8-7-23-11-14(18-21-5-2-6-22-18)16(25)17(26)15(23)19(24)27;/h1-9,11,26H,10H2;1H. The molecule has 4 aromatic rings. The van der Waals surface area contributed by atoms with Gasteiger partial charge in [0.1, 0.15) is 0 Å². The lowest BCUT2D eigenvalue weighted by molar-refractivity contribution is 0.472. The lowest BCUT2D eigenvalue weighted by Crippen LogP contribution is -2.24. The van der Waals surface area contributed by atoms with Gasteiger partial charge in [0.15, 0.2) is 17.1 Å². The van der Waals surface area contributed by atoms with E-state index >= 15 is 0 Å². The molecule has 0 saturated heterocycles. The van der Waals surface area contributed by atoms with Gasteiger partial charge in [0.25, 0.3) is 5.56 Å². The van der Waals surface area contributed by atoms with Crippen molar-refractivity contribution in [3.8, 4) is 17.1 Å². The van der Waals surface area contributed by atoms with E-state index in [1.54, 1.807) is 36.7 Å². The Hall–Kier alpha value is -3.16. The smallest absolute Gasteiger partial charge is 0.279 e. The van der Waals surface area contributed by atoms with Crippen molar-refractivity contribution in [1.29, 1.82) is 0 Å². The fourth-order valence-corrected chi connectivity index (χ4v) is 3.07. The number of hydrogen-bond donors (Lipinski definition) is 1. The second-order valence-corrected chi connectivity index (χ2v) is 6.35. The Morgan fingerprint density at radius 1 is 1.07 bits per heavy atom. The molecule has 0 saturated carbocycles. The minimum atomic E-state index is -0.696. The Morgan fingerprint density at radius 3 is 2.54 bits per heavy atom. The molecule has 28 heavy (non-hydrogen) atoms. The van der Waals surface area contributed by atoms with E-state index in [0.717, 1.165) is 5.56 Å². The van der Waals surface area contributed by atoms with Crippen LogP contribution in [0.5, 0.6) is 5.75 Å². The van der Waals surface area contributed by atoms with Crippen LogP contribution in [0.25, 0.3) is 16.9 Å². The van der Waals surface area contributed by atoms with Gasteiger partial charge in [0.05, 0.1) is 12.1 Å². The van der Waals surface area contributed by atoms with Crippen molar-refractivity contribution >= 4 is 29.5 Å². The molecule has 7 nitrogen and oxygen atoms in total. The van der Waals surface area contributed by atoms with Crippen LogP contribution in [0.2, 0.25) is 5.02 Å². The van der Waals surface area contributed by atoms with Crippen molar-refractivity contribution in [2.24, 2.45) is 0 Å². The first kappa shape index (κ1) is 19.6. The summed E-state index contributed by atoms with van der Waals surface area (Å²) >= 11 is 5.98. The van der Waals surface area contributed by atoms with E-state index < -0.39 is 16.7 Å². The SMILES string of the molecule is Cl.O=c1c(-c2ncccn2)cn2ccn(Cc3cccc(Cl)c3)c(=O)c2c1O. The van der Waals surface area contributed by atoms with Crippen molar-refractivity contribution in [1.82, 2.24) is 18.9 Å². The summed E-state index contributed by atoms with van der Waals surface area (Å²) in [6, 6.07) is 8.74. The van der Waals surface area contributed by atoms with Gasteiger partial charge in [0, 0.05) is 36.0 Å². The zero-order valence-corrected chi connectivity index (χ0v) is 15.9. The summed E-state index contributed by atoms with van der Waals surface area (Å²) in [4.78, 5) is 33.4. The maximum absolute atomic E-state index is 12.8. The third kappa shape index (κ3) is 3.49. The third-order valence-corrected chi connectivity index (χ3v) is 4.36. The van der Waals surface area contributed by atoms with Crippen LogP contribution in [-0.2, 0) is 6.54 Å². The van der Waals surface area contributed by atoms with E-state index in [1.165, 1.54) is 27.6 Å². The van der Waals surface area contributed by atoms with Crippen LogP contribution in [0.4, 0.5) is 0 Å². The molecule has 1 N–H and O–H groups in total. The predicted molar refractivity (Wildman–Crippen MR) is 108 cm³/mol. The zero-order valence-electron chi connectivity index (χ0n) is 14.3. The molecule has 9 heteroatoms. The highest BCUT2D eigenvalue weighted by atomic mass is 35.5. The highest BCUT2D eigenvalue weighted by Gasteiger charge is 2.17. The molecular weight excluding hydrogens is 403 g/mol. The summed E-state index contributed by atoms with van der Waals surface area (Å²) in [5.41, 5.74) is -0.363. The highest BCUT2D eigenvalue weighted by molar-refractivity contribution is 6.30. The molecular formula is C19H14Cl2N4O3. The summed E-state index contributed by atoms with van der Waals surface area (Å²) in [6.07, 6.45) is 7.60. The van der Waals surface area contributed by atoms with E-state index in [2.05, 4.69) is 9.97 Å². The number of benzene rings is 1. The van der Waals surface area contributed by atoms with Crippen LogP contribution < -0.4 is 11.0 Å². The van der Waals surface area contributed by atoms with Gasteiger partial charge < -0.3 is 14.1 Å². The molecule has 4 rings (SSSR count). The second kappa shape index (κ2) is 7.84. The normalized spacial score (nSPS) is 10.6. The lowest BCUT2D eigenvalue weighted by Gasteiger charge is -2.11. The Morgan fingerprint density at radius 2 is 1.82 bits per heavy atom. The summed E-state index contributed by atoms with van der Waals surface area (Å²) in [6.45, 7) is 0.257. The first-order valence-electron chi connectivity index (χ1n) is 8.04. The van der Waals surface area contributed by atoms with Gasteiger partial charge in [-0.1, -0.05) is 23.7 Å². The summed E-state index contributed by atoms with van der Waals surface area (Å²) in [7, 11) is 0. The lowest BCUT2D eigenvalue weighted by atomic mass is 10.2. The van der Waals surface area contributed by atoms with E-state index in [4.69, 9.17) is 11.6 Å². The van der Waals surface area contributed by atoms with Gasteiger partial charge in [-0.15, -0.1) is 12.4 Å². The van der Waals surface area contributed by atoms with Gasteiger partial charge in [-0.3, -0.25) is 9.59 Å². The first-order chi connectivity index (χ1) is 13.0. The number of hydrogen-bond acceptors (Lipinski definition) is 5. The molecule has 0 aliphatic rings. The maximum atomic E-state index is 12.8. The fourth-order valence-electron chi connectivity index (χ4n) is 2.86. The van der Waals surface area contributed by atoms with Gasteiger partial charge in [-0.05, 0) is 23.8 Å². The molecule has 0 fully saturated rings. The number of aromatic hydroxyl groups is 1. The van der Waals surface area contributed by atoms with Crippen molar-refractivity contribution in [3.63, 3.8) is 0 Å². The molecule has 0 spiro atoms. The van der Waals surface area contributed by atoms with Crippen molar-refractivity contribution < 1.29 is 5.11 Å². The first-order valence-corrected chi connectivity index (χ1v) is 8.41. The van der Waals surface area contributed by atoms with Crippen LogP contribution in [0, 0.1) is 0 Å². The van der Waals surface area contributed by atoms with Gasteiger partial charge in [0.2, 0.25) is 5.43 Å². The fraction of sp³-hybridized carbons (Fsp3) is 0.0526. The molecule has 0 aliphatic heterocycles. The molecule has 0 aliphatic carbocycles. The number of fused-ring (bicyclic) bond motifs is 1. The Balaban J connectivity index is 0.00000225. The Bertz CT molecular complexity index is 1270. The van der Waals surface area contributed by atoms with Crippen LogP contribution in [0.15, 0.2) is 70.9 Å². The van der Waals surface area contributed by atoms with Crippen molar-refractivity contribution in [2.45, 2.75) is 6.54 Å². The van der Waals surface area contributed by atoms with Crippen LogP contribution in [-0.4, -0.2) is 24.0 Å². The molecule has 1 aromatic carbocycles. The summed E-state index contributed by atoms with van der Waals surface area (Å²) < 4.78 is 2.80. The molecule has 3 aromatic heterocycles. The largest absolute Gasteiger partial charge is 0.503 e. The van der Waals surface area contributed by atoms with Gasteiger partial charge in [-0.2, -0.15) is 0 Å². The van der Waals surface area contributed by atoms with Crippen molar-refractivity contribution in [3.05, 3.63) is 92.5 Å². The van der Waals surface area contributed by atoms with Gasteiger partial charge >= 0.3 is 0 Å². The number of rotatable bonds is 3. The van der Waals surface area contributed by atoms with Crippen LogP contribution >= 0.6 is 24.0 Å². The molecule has 0 radical (unpaired) electrons. The quantitative estimate of drug-likeness (QED) is 0.554. The van der Waals surface area contributed by atoms with E-state index in [9.17, 15) is 14.7 Å². The molecule has 0 amide bonds. The molecule has 0 unspecified atom stereocenters. The summed E-state index contributed by atoms with van der Waals surface area (Å²) in [5.74, 6) is -0.458. The predicted octanol–water partition coefficient (Wildman–Crippen LogP) is 2.75. The Labute approximate surface area is 169 Å². The average molecular weight is 417 g/mol. The average Bonchev–Trinajstić information content (AvgIpc) is 2.67. The highest BCUT2D eigenvalue weighted by Crippen LogP contribution is 2.17. The molecule has 142 valence electrons. The molecule has 3 heterocycles.